The van der Waals surface area contributed by atoms with Gasteiger partial charge in [0.1, 0.15) is 0 Å². The van der Waals surface area contributed by atoms with E-state index in [2.05, 4.69) is 0 Å². The van der Waals surface area contributed by atoms with Gasteiger partial charge in [0.05, 0.1) is 0 Å². The zero-order chi connectivity index (χ0) is 7.15. The molecular weight excluding hydrogens is 218 g/mol. The van der Waals surface area contributed by atoms with Crippen molar-refractivity contribution >= 4 is 30.3 Å². The van der Waals surface area contributed by atoms with Gasteiger partial charge >= 0.3 is 53.7 Å². The van der Waals surface area contributed by atoms with Crippen molar-refractivity contribution in [2.75, 3.05) is 0 Å². The number of hydrogen-bond donors (Lipinski definition) is 3. The van der Waals surface area contributed by atoms with Crippen LogP contribution in [0.3, 0.4) is 0 Å². The Morgan fingerprint density at radius 1 is 1.10 bits per heavy atom. The van der Waals surface area contributed by atoms with Crippen LogP contribution in [0.2, 0.25) is 0 Å². The fourth-order valence-corrected chi connectivity index (χ4v) is 0. The first-order chi connectivity index (χ1) is 3.46. The zero-order valence-electron chi connectivity index (χ0n) is 5.27. The van der Waals surface area contributed by atoms with Crippen LogP contribution in [0.4, 0.5) is 9.59 Å². The van der Waals surface area contributed by atoms with Crippen molar-refractivity contribution in [3.8, 4) is 0 Å². The van der Waals surface area contributed by atoms with E-state index in [1.165, 1.54) is 0 Å². The Balaban J connectivity index is -0.0000000300. The summed E-state index contributed by atoms with van der Waals surface area (Å²) in [6.45, 7) is 0. The molecule has 0 saturated carbocycles. The van der Waals surface area contributed by atoms with Crippen LogP contribution in [0.25, 0.3) is 0 Å². The molecule has 10 heavy (non-hydrogen) atoms. The van der Waals surface area contributed by atoms with E-state index in [1.807, 2.05) is 0 Å². The molecular formula is C2H6AsNaO6. The van der Waals surface area contributed by atoms with Crippen molar-refractivity contribution in [2.24, 2.45) is 0 Å². The minimum absolute atomic E-state index is 0. The summed E-state index contributed by atoms with van der Waals surface area (Å²) >= 11 is 0. The molecule has 6 nitrogen and oxygen atoms in total. The van der Waals surface area contributed by atoms with Crippen molar-refractivity contribution in [1.29, 1.82) is 0 Å². The van der Waals surface area contributed by atoms with Crippen molar-refractivity contribution in [3.63, 3.8) is 0 Å². The van der Waals surface area contributed by atoms with Gasteiger partial charge in [0.15, 0.2) is 0 Å². The molecule has 0 amide bonds. The van der Waals surface area contributed by atoms with Gasteiger partial charge in [-0.25, -0.2) is 4.79 Å². The van der Waals surface area contributed by atoms with Crippen LogP contribution in [-0.4, -0.2) is 45.6 Å². The molecule has 0 aromatic rings. The molecule has 0 spiro atoms. The van der Waals surface area contributed by atoms with Crippen LogP contribution in [0.15, 0.2) is 0 Å². The van der Waals surface area contributed by atoms with E-state index in [1.54, 1.807) is 0 Å². The predicted molar refractivity (Wildman–Crippen MR) is 28.6 cm³/mol. The number of hydrogen-bond acceptors (Lipinski definition) is 3. The second-order valence-corrected chi connectivity index (χ2v) is 0.548. The number of carbonyl (C=O) groups is 2. The molecule has 0 aromatic carbocycles. The molecule has 1 unspecified atom stereocenters. The Bertz CT molecular complexity index is 73.7. The van der Waals surface area contributed by atoms with E-state index < -0.39 is 12.3 Å². The van der Waals surface area contributed by atoms with E-state index in [4.69, 9.17) is 30.0 Å². The Morgan fingerprint density at radius 2 is 1.10 bits per heavy atom. The molecule has 0 fully saturated rings. The van der Waals surface area contributed by atoms with Crippen LogP contribution in [0.1, 0.15) is 0 Å². The average molecular weight is 224 g/mol. The topological polar surface area (TPSA) is 118 Å². The zero-order valence-corrected chi connectivity index (χ0v) is 10.2. The van der Waals surface area contributed by atoms with Gasteiger partial charge in [-0.05, 0) is 0 Å². The van der Waals surface area contributed by atoms with Crippen molar-refractivity contribution in [2.45, 2.75) is 0 Å². The minimum Gasteiger partial charge on any atom is 1.00 e. The first kappa shape index (κ1) is 22.5. The third-order valence-electron chi connectivity index (χ3n) is 0. The molecule has 0 radical (unpaired) electrons. The van der Waals surface area contributed by atoms with Crippen LogP contribution in [0.5, 0.6) is 0 Å². The van der Waals surface area contributed by atoms with Gasteiger partial charge in [-0.15, -0.1) is 0 Å². The third-order valence-corrected chi connectivity index (χ3v) is 0. The summed E-state index contributed by atoms with van der Waals surface area (Å²) in [5, 5.41) is 29.2. The van der Waals surface area contributed by atoms with Crippen molar-refractivity contribution in [3.05, 3.63) is 0 Å². The molecule has 0 heterocycles. The van der Waals surface area contributed by atoms with Crippen molar-refractivity contribution in [1.82, 2.24) is 0 Å². The second-order valence-electron chi connectivity index (χ2n) is 0.548. The minimum atomic E-state index is -2.08. The van der Waals surface area contributed by atoms with Gasteiger partial charge in [0, 0.05) is 0 Å². The number of carboxylic acid groups (broad SMARTS) is 4. The molecule has 0 bridgehead atoms. The summed E-state index contributed by atoms with van der Waals surface area (Å²) in [4.78, 5) is 17.0. The SMILES string of the molecule is O=C(O)O.O=C([O-])O.[AsH3].[Na+]. The van der Waals surface area contributed by atoms with E-state index in [-0.39, 0.29) is 47.5 Å². The van der Waals surface area contributed by atoms with Gasteiger partial charge in [-0.1, -0.05) is 0 Å². The van der Waals surface area contributed by atoms with E-state index in [0.29, 0.717) is 0 Å². The predicted octanol–water partition coefficient (Wildman–Crippen LogP) is -5.07. The Labute approximate surface area is 89.5 Å². The Hall–Kier alpha value is 0.0984. The molecule has 1 atom stereocenters. The average Bonchev–Trinajstić information content (AvgIpc) is 1.25. The molecule has 0 aliphatic heterocycles. The summed E-state index contributed by atoms with van der Waals surface area (Å²) in [7, 11) is 0. The summed E-state index contributed by atoms with van der Waals surface area (Å²) in [5.74, 6) is 0. The van der Waals surface area contributed by atoms with Crippen molar-refractivity contribution < 1.29 is 59.6 Å². The van der Waals surface area contributed by atoms with Crippen LogP contribution >= 0.6 is 0 Å². The van der Waals surface area contributed by atoms with E-state index >= 15 is 0 Å². The summed E-state index contributed by atoms with van der Waals surface area (Å²) in [5.41, 5.74) is 0. The fraction of sp³-hybridized carbons (Fsp3) is 0. The van der Waals surface area contributed by atoms with Gasteiger partial charge in [0.25, 0.3) is 0 Å². The Kier molecular flexibility index (Phi) is 36.1. The standard InChI is InChI=1S/2CH2O3.AsH3.Na/c2*2-1(3)4;;/h2*(H2,2,3,4);1H3;/q;;;+1/p-1. The van der Waals surface area contributed by atoms with E-state index in [0.717, 1.165) is 0 Å². The molecule has 0 aliphatic carbocycles. The molecule has 3 N–H and O–H groups in total. The van der Waals surface area contributed by atoms with Crippen LogP contribution in [-0.2, 0) is 0 Å². The number of rotatable bonds is 0. The maximum Gasteiger partial charge on any atom is 1.00 e. The maximum absolute atomic E-state index is 8.56. The van der Waals surface area contributed by atoms with Gasteiger partial charge < -0.3 is 25.2 Å². The summed E-state index contributed by atoms with van der Waals surface area (Å²) in [6, 6.07) is 0. The first-order valence-electron chi connectivity index (χ1n) is 1.28. The van der Waals surface area contributed by atoms with E-state index in [9.17, 15) is 0 Å². The first-order valence-corrected chi connectivity index (χ1v) is 1.28. The smallest absolute Gasteiger partial charge is 1.00 e. The quantitative estimate of drug-likeness (QED) is 0.354. The van der Waals surface area contributed by atoms with Gasteiger partial charge in [-0.2, -0.15) is 0 Å². The van der Waals surface area contributed by atoms with Gasteiger partial charge in [0.2, 0.25) is 6.16 Å². The van der Waals surface area contributed by atoms with Crippen LogP contribution in [0, 0.1) is 0 Å². The molecule has 0 saturated heterocycles. The normalized spacial score (nSPS) is 4.80. The molecule has 0 rings (SSSR count). The van der Waals surface area contributed by atoms with Gasteiger partial charge in [-0.3, -0.25) is 0 Å². The van der Waals surface area contributed by atoms with Crippen LogP contribution < -0.4 is 34.7 Å². The fourth-order valence-electron chi connectivity index (χ4n) is 0. The third kappa shape index (κ3) is 42100. The summed E-state index contributed by atoms with van der Waals surface area (Å²) < 4.78 is 0. The molecule has 56 valence electrons. The molecule has 0 aliphatic rings. The maximum atomic E-state index is 8.56. The monoisotopic (exact) mass is 224 g/mol. The second kappa shape index (κ2) is 16.0. The summed E-state index contributed by atoms with van der Waals surface area (Å²) in [6.07, 6.45) is -3.92. The Morgan fingerprint density at radius 3 is 1.10 bits per heavy atom. The molecule has 8 heteroatoms. The largest absolute Gasteiger partial charge is 1.00 e. The molecule has 0 aromatic heterocycles.